The van der Waals surface area contributed by atoms with Gasteiger partial charge in [-0.15, -0.1) is 0 Å². The molecule has 124 valence electrons. The highest BCUT2D eigenvalue weighted by Crippen LogP contribution is 2.24. The largest absolute Gasteiger partial charge is 0.384 e. The lowest BCUT2D eigenvalue weighted by Gasteiger charge is -2.17. The normalized spacial score (nSPS) is 10.7. The van der Waals surface area contributed by atoms with Crippen LogP contribution in [-0.4, -0.2) is 35.9 Å². The average Bonchev–Trinajstić information content (AvgIpc) is 2.55. The van der Waals surface area contributed by atoms with E-state index in [1.54, 1.807) is 6.20 Å². The topological polar surface area (TPSA) is 45.2 Å². The molecule has 1 N–H and O–H groups in total. The van der Waals surface area contributed by atoms with E-state index in [-0.39, 0.29) is 5.91 Å². The molecule has 2 rings (SSSR count). The lowest BCUT2D eigenvalue weighted by Crippen LogP contribution is -2.28. The molecular weight excluding hydrogens is 310 g/mol. The molecule has 0 saturated carbocycles. The number of amides is 1. The Bertz CT molecular complexity index is 660. The fourth-order valence-corrected chi connectivity index (χ4v) is 2.62. The average molecular weight is 334 g/mol. The summed E-state index contributed by atoms with van der Waals surface area (Å²) in [5.74, 6) is 0.232. The van der Waals surface area contributed by atoms with Crippen LogP contribution in [0.1, 0.15) is 32.6 Å². The number of hydrogen-bond acceptors (Lipinski definition) is 3. The van der Waals surface area contributed by atoms with Crippen LogP contribution in [0.2, 0.25) is 5.02 Å². The number of hydrogen-bond donors (Lipinski definition) is 1. The number of halogens is 1. The van der Waals surface area contributed by atoms with Gasteiger partial charge in [0.15, 0.2) is 0 Å². The fourth-order valence-electron chi connectivity index (χ4n) is 2.46. The van der Waals surface area contributed by atoms with Crippen molar-refractivity contribution in [1.29, 1.82) is 0 Å². The third-order valence-electron chi connectivity index (χ3n) is 3.86. The lowest BCUT2D eigenvalue weighted by atomic mass is 10.2. The number of unbranched alkanes of at least 4 members (excludes halogenated alkanes) is 1. The number of carbonyl (C=O) groups is 1. The highest BCUT2D eigenvalue weighted by Gasteiger charge is 2.07. The van der Waals surface area contributed by atoms with Gasteiger partial charge in [-0.05, 0) is 37.1 Å². The quantitative estimate of drug-likeness (QED) is 0.731. The van der Waals surface area contributed by atoms with Crippen molar-refractivity contribution in [2.75, 3.05) is 25.5 Å². The summed E-state index contributed by atoms with van der Waals surface area (Å²) in [6.45, 7) is 3.68. The van der Waals surface area contributed by atoms with E-state index < -0.39 is 0 Å². The minimum atomic E-state index is 0.232. The number of nitrogens with zero attached hydrogens (tertiary/aromatic N) is 2. The highest BCUT2D eigenvalue weighted by molar-refractivity contribution is 6.31. The number of benzene rings is 1. The second kappa shape index (κ2) is 8.73. The first-order chi connectivity index (χ1) is 11.1. The van der Waals surface area contributed by atoms with Crippen molar-refractivity contribution in [2.24, 2.45) is 0 Å². The Hall–Kier alpha value is -1.81. The monoisotopic (exact) mass is 333 g/mol. The minimum Gasteiger partial charge on any atom is -0.384 e. The summed E-state index contributed by atoms with van der Waals surface area (Å²) in [5, 5.41) is 5.17. The van der Waals surface area contributed by atoms with E-state index in [4.69, 9.17) is 11.6 Å². The molecule has 0 spiro atoms. The molecule has 0 saturated heterocycles. The van der Waals surface area contributed by atoms with Crippen molar-refractivity contribution in [1.82, 2.24) is 9.88 Å². The molecule has 1 aromatic heterocycles. The first kappa shape index (κ1) is 17.5. The van der Waals surface area contributed by atoms with Gasteiger partial charge in [0.1, 0.15) is 0 Å². The maximum Gasteiger partial charge on any atom is 0.222 e. The number of rotatable bonds is 8. The van der Waals surface area contributed by atoms with Crippen molar-refractivity contribution < 1.29 is 4.79 Å². The maximum absolute atomic E-state index is 11.9. The molecule has 0 unspecified atom stereocenters. The van der Waals surface area contributed by atoms with Gasteiger partial charge in [-0.3, -0.25) is 9.78 Å². The smallest absolute Gasteiger partial charge is 0.222 e. The van der Waals surface area contributed by atoms with Crippen molar-refractivity contribution >= 4 is 34.1 Å². The van der Waals surface area contributed by atoms with E-state index in [9.17, 15) is 4.79 Å². The third-order valence-corrected chi connectivity index (χ3v) is 4.10. The van der Waals surface area contributed by atoms with Crippen molar-refractivity contribution in [3.63, 3.8) is 0 Å². The van der Waals surface area contributed by atoms with Crippen LogP contribution in [0.25, 0.3) is 10.9 Å². The van der Waals surface area contributed by atoms with Crippen molar-refractivity contribution in [3.05, 3.63) is 35.5 Å². The molecule has 0 aliphatic heterocycles. The molecule has 1 aromatic carbocycles. The van der Waals surface area contributed by atoms with Crippen LogP contribution in [0.15, 0.2) is 30.5 Å². The summed E-state index contributed by atoms with van der Waals surface area (Å²) >= 11 is 6.00. The van der Waals surface area contributed by atoms with Crippen LogP contribution >= 0.6 is 11.6 Å². The molecule has 4 nitrogen and oxygen atoms in total. The molecule has 0 bridgehead atoms. The zero-order chi connectivity index (χ0) is 16.7. The van der Waals surface area contributed by atoms with E-state index in [1.165, 1.54) is 0 Å². The number of anilines is 1. The fraction of sp³-hybridized carbons (Fsp3) is 0.444. The van der Waals surface area contributed by atoms with Crippen molar-refractivity contribution in [3.8, 4) is 0 Å². The maximum atomic E-state index is 11.9. The molecule has 5 heteroatoms. The van der Waals surface area contributed by atoms with Gasteiger partial charge in [-0.25, -0.2) is 0 Å². The summed E-state index contributed by atoms with van der Waals surface area (Å²) in [6.07, 6.45) is 5.36. The lowest BCUT2D eigenvalue weighted by molar-refractivity contribution is -0.130. The number of pyridine rings is 1. The molecule has 1 amide bonds. The van der Waals surface area contributed by atoms with E-state index >= 15 is 0 Å². The zero-order valence-electron chi connectivity index (χ0n) is 13.8. The van der Waals surface area contributed by atoms with Crippen LogP contribution < -0.4 is 5.32 Å². The predicted molar refractivity (Wildman–Crippen MR) is 97.0 cm³/mol. The van der Waals surface area contributed by atoms with Crippen LogP contribution in [-0.2, 0) is 4.79 Å². The Balaban J connectivity index is 1.84. The van der Waals surface area contributed by atoms with Gasteiger partial charge in [0.05, 0.1) is 5.52 Å². The molecule has 0 fully saturated rings. The summed E-state index contributed by atoms with van der Waals surface area (Å²) < 4.78 is 0. The summed E-state index contributed by atoms with van der Waals surface area (Å²) in [7, 11) is 1.88. The summed E-state index contributed by atoms with van der Waals surface area (Å²) in [5.41, 5.74) is 1.93. The second-order valence-electron chi connectivity index (χ2n) is 5.72. The van der Waals surface area contributed by atoms with Gasteiger partial charge in [-0.1, -0.05) is 24.9 Å². The second-order valence-corrected chi connectivity index (χ2v) is 6.16. The number of carbonyl (C=O) groups excluding carboxylic acids is 1. The Labute approximate surface area is 142 Å². The number of fused-ring (bicyclic) bond motifs is 1. The van der Waals surface area contributed by atoms with Crippen LogP contribution in [0.5, 0.6) is 0 Å². The Morgan fingerprint density at radius 2 is 2.13 bits per heavy atom. The van der Waals surface area contributed by atoms with E-state index in [0.717, 1.165) is 48.9 Å². The zero-order valence-corrected chi connectivity index (χ0v) is 14.6. The molecular formula is C18H24ClN3O. The molecule has 2 aromatic rings. The minimum absolute atomic E-state index is 0.232. The van der Waals surface area contributed by atoms with Gasteiger partial charge in [0.25, 0.3) is 0 Å². The molecule has 0 aliphatic rings. The van der Waals surface area contributed by atoms with Crippen LogP contribution in [0.3, 0.4) is 0 Å². The van der Waals surface area contributed by atoms with E-state index in [1.807, 2.05) is 36.2 Å². The van der Waals surface area contributed by atoms with Gasteiger partial charge in [0, 0.05) is 48.9 Å². The molecule has 1 heterocycles. The number of aromatic nitrogens is 1. The first-order valence-electron chi connectivity index (χ1n) is 8.14. The van der Waals surface area contributed by atoms with Gasteiger partial charge < -0.3 is 10.2 Å². The SMILES string of the molecule is CCCCC(=O)N(C)CCCNc1ccnc2cc(Cl)ccc12. The van der Waals surface area contributed by atoms with Gasteiger partial charge >= 0.3 is 0 Å². The van der Waals surface area contributed by atoms with E-state index in [0.29, 0.717) is 11.4 Å². The molecule has 0 aliphatic carbocycles. The predicted octanol–water partition coefficient (Wildman–Crippen LogP) is 4.34. The Morgan fingerprint density at radius 3 is 2.91 bits per heavy atom. The highest BCUT2D eigenvalue weighted by atomic mass is 35.5. The molecule has 0 atom stereocenters. The van der Waals surface area contributed by atoms with Crippen molar-refractivity contribution in [2.45, 2.75) is 32.6 Å². The third kappa shape index (κ3) is 5.10. The van der Waals surface area contributed by atoms with E-state index in [2.05, 4.69) is 17.2 Å². The molecule has 23 heavy (non-hydrogen) atoms. The van der Waals surface area contributed by atoms with Gasteiger partial charge in [0.2, 0.25) is 5.91 Å². The number of nitrogens with one attached hydrogen (secondary N) is 1. The van der Waals surface area contributed by atoms with Crippen LogP contribution in [0.4, 0.5) is 5.69 Å². The summed E-state index contributed by atoms with van der Waals surface area (Å²) in [4.78, 5) is 18.0. The summed E-state index contributed by atoms with van der Waals surface area (Å²) in [6, 6.07) is 7.68. The van der Waals surface area contributed by atoms with Crippen LogP contribution in [0, 0.1) is 0 Å². The molecule has 0 radical (unpaired) electrons. The first-order valence-corrected chi connectivity index (χ1v) is 8.51. The van der Waals surface area contributed by atoms with Gasteiger partial charge in [-0.2, -0.15) is 0 Å². The standard InChI is InChI=1S/C18H24ClN3O/c1-3-4-6-18(23)22(2)12-5-10-20-16-9-11-21-17-13-14(19)7-8-15(16)17/h7-9,11,13H,3-6,10,12H2,1-2H3,(H,20,21). The Kier molecular flexibility index (Phi) is 6.66. The Morgan fingerprint density at radius 1 is 1.30 bits per heavy atom.